The normalized spacial score (nSPS) is 11.6. The van der Waals surface area contributed by atoms with E-state index in [1.54, 1.807) is 23.9 Å². The van der Waals surface area contributed by atoms with Crippen LogP contribution >= 0.6 is 11.8 Å². The summed E-state index contributed by atoms with van der Waals surface area (Å²) in [4.78, 5) is 4.84. The van der Waals surface area contributed by atoms with Crippen molar-refractivity contribution in [1.82, 2.24) is 13.9 Å². The second-order valence-corrected chi connectivity index (χ2v) is 11.3. The average Bonchev–Trinajstić information content (AvgIpc) is 3.39. The minimum atomic E-state index is -3.75. The Bertz CT molecular complexity index is 1510. The number of imidazole rings is 1. The number of aromatic nitrogens is 2. The van der Waals surface area contributed by atoms with Crippen LogP contribution in [0.25, 0.3) is 16.9 Å². The van der Waals surface area contributed by atoms with Crippen LogP contribution in [-0.4, -0.2) is 28.5 Å². The number of nitrogens with zero attached hydrogens (tertiary/aromatic N) is 3. The van der Waals surface area contributed by atoms with Crippen molar-refractivity contribution in [2.24, 2.45) is 0 Å². The first kappa shape index (κ1) is 25.0. The molecule has 5 rings (SSSR count). The monoisotopic (exact) mass is 525 g/mol. The van der Waals surface area contributed by atoms with E-state index in [1.807, 2.05) is 116 Å². The molecule has 4 aromatic carbocycles. The quantitative estimate of drug-likeness (QED) is 0.202. The van der Waals surface area contributed by atoms with E-state index in [2.05, 4.69) is 9.55 Å². The minimum absolute atomic E-state index is 0.263. The smallest absolute Gasteiger partial charge is 0.243 e. The summed E-state index contributed by atoms with van der Waals surface area (Å²) in [7, 11) is -3.75. The first-order chi connectivity index (χ1) is 18.1. The van der Waals surface area contributed by atoms with Gasteiger partial charge in [-0.3, -0.25) is 4.57 Å². The van der Waals surface area contributed by atoms with Crippen molar-refractivity contribution in [1.29, 1.82) is 0 Å². The lowest BCUT2D eigenvalue weighted by molar-refractivity contribution is 0.401. The van der Waals surface area contributed by atoms with Gasteiger partial charge in [0.05, 0.1) is 16.8 Å². The van der Waals surface area contributed by atoms with E-state index >= 15 is 0 Å². The van der Waals surface area contributed by atoms with E-state index < -0.39 is 10.0 Å². The number of hydrogen-bond acceptors (Lipinski definition) is 4. The largest absolute Gasteiger partial charge is 0.287 e. The zero-order chi connectivity index (χ0) is 25.7. The molecule has 5 nitrogen and oxygen atoms in total. The summed E-state index contributed by atoms with van der Waals surface area (Å²) in [6.07, 6.45) is 3.83. The van der Waals surface area contributed by atoms with Gasteiger partial charge in [-0.25, -0.2) is 13.4 Å². The van der Waals surface area contributed by atoms with E-state index in [-0.39, 0.29) is 18.0 Å². The number of hydrogen-bond donors (Lipinski definition) is 0. The summed E-state index contributed by atoms with van der Waals surface area (Å²) in [5.41, 5.74) is 4.69. The molecule has 0 amide bonds. The van der Waals surface area contributed by atoms with Gasteiger partial charge in [-0.15, -0.1) is 0 Å². The molecule has 0 spiro atoms. The Kier molecular flexibility index (Phi) is 7.55. The van der Waals surface area contributed by atoms with E-state index in [4.69, 9.17) is 0 Å². The Balaban J connectivity index is 1.49. The molecule has 0 radical (unpaired) electrons. The molecule has 37 heavy (non-hydrogen) atoms. The number of para-hydroxylation sites is 1. The van der Waals surface area contributed by atoms with Crippen molar-refractivity contribution in [3.63, 3.8) is 0 Å². The Morgan fingerprint density at radius 1 is 0.730 bits per heavy atom. The van der Waals surface area contributed by atoms with Gasteiger partial charge < -0.3 is 0 Å². The topological polar surface area (TPSA) is 55.2 Å². The molecule has 0 aliphatic heterocycles. The van der Waals surface area contributed by atoms with Crippen LogP contribution in [-0.2, 0) is 23.1 Å². The Morgan fingerprint density at radius 3 is 1.76 bits per heavy atom. The lowest BCUT2D eigenvalue weighted by atomic mass is 10.1. The molecule has 0 unspecified atom stereocenters. The van der Waals surface area contributed by atoms with Crippen LogP contribution in [0.3, 0.4) is 0 Å². The molecule has 0 aliphatic rings. The molecule has 0 saturated carbocycles. The third-order valence-corrected chi connectivity index (χ3v) is 8.58. The first-order valence-electron chi connectivity index (χ1n) is 11.9. The molecule has 0 bridgehead atoms. The summed E-state index contributed by atoms with van der Waals surface area (Å²) in [6, 6.07) is 36.5. The van der Waals surface area contributed by atoms with Gasteiger partial charge >= 0.3 is 0 Å². The standard InChI is InChI=1S/C30H27N3O2S2/c1-36-30-31-21-29(33(30)27-15-9-4-10-16-27)26-17-19-28(20-18-26)37(34,35)32(22-24-11-5-2-6-12-24)23-25-13-7-3-8-14-25/h2-21H,22-23H2,1H3. The highest BCUT2D eigenvalue weighted by atomic mass is 32.2. The highest BCUT2D eigenvalue weighted by Gasteiger charge is 2.25. The van der Waals surface area contributed by atoms with Crippen LogP contribution < -0.4 is 0 Å². The lowest BCUT2D eigenvalue weighted by Crippen LogP contribution is -2.30. The zero-order valence-corrected chi connectivity index (χ0v) is 22.1. The minimum Gasteiger partial charge on any atom is -0.287 e. The Labute approximate surface area is 222 Å². The molecule has 1 heterocycles. The molecule has 1 aromatic heterocycles. The summed E-state index contributed by atoms with van der Waals surface area (Å²) in [6.45, 7) is 0.579. The summed E-state index contributed by atoms with van der Waals surface area (Å²) < 4.78 is 31.3. The Hall–Kier alpha value is -3.65. The van der Waals surface area contributed by atoms with Crippen LogP contribution in [0.1, 0.15) is 11.1 Å². The first-order valence-corrected chi connectivity index (χ1v) is 14.6. The zero-order valence-electron chi connectivity index (χ0n) is 20.4. The van der Waals surface area contributed by atoms with E-state index in [0.717, 1.165) is 33.2 Å². The number of sulfonamides is 1. The molecule has 0 aliphatic carbocycles. The van der Waals surface area contributed by atoms with Gasteiger partial charge in [-0.1, -0.05) is 103 Å². The molecule has 186 valence electrons. The number of benzene rings is 4. The van der Waals surface area contributed by atoms with E-state index in [0.29, 0.717) is 0 Å². The van der Waals surface area contributed by atoms with Gasteiger partial charge in [0.1, 0.15) is 0 Å². The number of thioether (sulfide) groups is 1. The predicted octanol–water partition coefficient (Wildman–Crippen LogP) is 6.65. The molecule has 0 saturated heterocycles. The van der Waals surface area contributed by atoms with Crippen molar-refractivity contribution < 1.29 is 8.42 Å². The lowest BCUT2D eigenvalue weighted by Gasteiger charge is -2.23. The van der Waals surface area contributed by atoms with Crippen molar-refractivity contribution >= 4 is 21.8 Å². The molecule has 0 atom stereocenters. The summed E-state index contributed by atoms with van der Waals surface area (Å²) in [5, 5.41) is 0.870. The molecule has 0 N–H and O–H groups in total. The van der Waals surface area contributed by atoms with Gasteiger partial charge in [0.15, 0.2) is 5.16 Å². The van der Waals surface area contributed by atoms with Gasteiger partial charge in [0.2, 0.25) is 10.0 Å². The molecule has 7 heteroatoms. The van der Waals surface area contributed by atoms with Crippen molar-refractivity contribution in [3.8, 4) is 16.9 Å². The second kappa shape index (κ2) is 11.2. The highest BCUT2D eigenvalue weighted by molar-refractivity contribution is 7.98. The van der Waals surface area contributed by atoms with Crippen LogP contribution in [0, 0.1) is 0 Å². The van der Waals surface area contributed by atoms with Crippen LogP contribution in [0.4, 0.5) is 0 Å². The van der Waals surface area contributed by atoms with Crippen LogP contribution in [0.15, 0.2) is 132 Å². The summed E-state index contributed by atoms with van der Waals surface area (Å²) in [5.74, 6) is 0. The van der Waals surface area contributed by atoms with Crippen LogP contribution in [0.5, 0.6) is 0 Å². The van der Waals surface area contributed by atoms with Gasteiger partial charge in [-0.2, -0.15) is 4.31 Å². The highest BCUT2D eigenvalue weighted by Crippen LogP contribution is 2.30. The molecular formula is C30H27N3O2S2. The van der Waals surface area contributed by atoms with Crippen molar-refractivity contribution in [3.05, 3.63) is 133 Å². The maximum atomic E-state index is 13.8. The third-order valence-electron chi connectivity index (χ3n) is 6.12. The van der Waals surface area contributed by atoms with Crippen LogP contribution in [0.2, 0.25) is 0 Å². The molecule has 0 fully saturated rings. The third kappa shape index (κ3) is 5.54. The van der Waals surface area contributed by atoms with Gasteiger partial charge in [0, 0.05) is 24.3 Å². The maximum absolute atomic E-state index is 13.8. The van der Waals surface area contributed by atoms with E-state index in [1.165, 1.54) is 4.31 Å². The van der Waals surface area contributed by atoms with Crippen molar-refractivity contribution in [2.45, 2.75) is 23.1 Å². The van der Waals surface area contributed by atoms with E-state index in [9.17, 15) is 8.42 Å². The SMILES string of the molecule is CSc1ncc(-c2ccc(S(=O)(=O)N(Cc3ccccc3)Cc3ccccc3)cc2)n1-c1ccccc1. The fourth-order valence-corrected chi connectivity index (χ4v) is 6.22. The van der Waals surface area contributed by atoms with Gasteiger partial charge in [-0.05, 0) is 41.6 Å². The molecular weight excluding hydrogens is 498 g/mol. The van der Waals surface area contributed by atoms with Gasteiger partial charge in [0.25, 0.3) is 0 Å². The fourth-order valence-electron chi connectivity index (χ4n) is 4.26. The Morgan fingerprint density at radius 2 is 1.24 bits per heavy atom. The maximum Gasteiger partial charge on any atom is 0.243 e. The van der Waals surface area contributed by atoms with Crippen molar-refractivity contribution in [2.75, 3.05) is 6.26 Å². The summed E-state index contributed by atoms with van der Waals surface area (Å²) >= 11 is 1.57. The second-order valence-electron chi connectivity index (χ2n) is 8.57. The fraction of sp³-hybridized carbons (Fsp3) is 0.100. The average molecular weight is 526 g/mol. The molecule has 5 aromatic rings. The number of rotatable bonds is 9. The predicted molar refractivity (Wildman–Crippen MR) is 150 cm³/mol.